The van der Waals surface area contributed by atoms with Crippen LogP contribution in [0.3, 0.4) is 0 Å². The zero-order valence-corrected chi connectivity index (χ0v) is 36.5. The quantitative estimate of drug-likeness (QED) is 0.0437. The van der Waals surface area contributed by atoms with E-state index in [2.05, 4.69) is 41.3 Å². The van der Waals surface area contributed by atoms with E-state index in [0.717, 1.165) is 61.1 Å². The molecule has 1 aliphatic heterocycles. The van der Waals surface area contributed by atoms with Crippen molar-refractivity contribution >= 4 is 69.1 Å². The lowest BCUT2D eigenvalue weighted by Gasteiger charge is -2.30. The number of anilines is 1. The van der Waals surface area contributed by atoms with Gasteiger partial charge >= 0.3 is 23.5 Å². The van der Waals surface area contributed by atoms with Crippen LogP contribution >= 0.6 is 35.2 Å². The lowest BCUT2D eigenvalue weighted by Crippen LogP contribution is -2.46. The Morgan fingerprint density at radius 1 is 1.00 bits per heavy atom. The van der Waals surface area contributed by atoms with Gasteiger partial charge in [0.05, 0.1) is 25.6 Å². The predicted octanol–water partition coefficient (Wildman–Crippen LogP) is 0.776. The molecule has 0 aromatic carbocycles. The summed E-state index contributed by atoms with van der Waals surface area (Å²) in [5.41, 5.74) is 4.25. The van der Waals surface area contributed by atoms with Crippen LogP contribution in [0, 0.1) is 5.41 Å². The molecule has 1 fully saturated rings. The van der Waals surface area contributed by atoms with Crippen molar-refractivity contribution in [1.82, 2.24) is 30.2 Å². The normalized spacial score (nSPS) is 21.6. The van der Waals surface area contributed by atoms with Crippen molar-refractivity contribution in [2.45, 2.75) is 109 Å². The molecule has 8 atom stereocenters. The number of hydrogen-bond acceptors (Lipinski definition) is 19. The minimum absolute atomic E-state index is 0.0221. The van der Waals surface area contributed by atoms with Gasteiger partial charge in [0.25, 0.3) is 0 Å². The van der Waals surface area contributed by atoms with Gasteiger partial charge in [0.1, 0.15) is 36.3 Å². The SMILES string of the molecule is CCCCCCC[C@H](O)CC(=O)SCCNC(=O)CCNC(=O)C(O)C(C)(C)COP(=O)(O)OP(=O)(O)OC[C@H]1O[C@@H](n2cnc3c(N)ncnc32)[C@H](O)[C@@H]1OP(=O)(O)O. The smallest absolute Gasteiger partial charge is 0.393 e. The second-order valence-corrected chi connectivity index (χ2v) is 19.7. The van der Waals surface area contributed by atoms with Crippen LogP contribution in [0.25, 0.3) is 11.2 Å². The Bertz CT molecular complexity index is 1890. The minimum atomic E-state index is -5.58. The zero-order chi connectivity index (χ0) is 44.9. The number of thioether (sulfide) groups is 1. The number of imidazole rings is 1. The second-order valence-electron chi connectivity index (χ2n) is 14.4. The molecule has 0 radical (unpaired) electrons. The molecule has 342 valence electrons. The van der Waals surface area contributed by atoms with Gasteiger partial charge in [-0.3, -0.25) is 32.5 Å². The van der Waals surface area contributed by atoms with Crippen molar-refractivity contribution in [1.29, 1.82) is 0 Å². The van der Waals surface area contributed by atoms with Gasteiger partial charge in [-0.05, 0) is 6.42 Å². The Labute approximate surface area is 348 Å². The fraction of sp³-hybridized carbons (Fsp3) is 0.742. The molecule has 0 saturated carbocycles. The van der Waals surface area contributed by atoms with Crippen LogP contribution in [0.1, 0.15) is 78.4 Å². The molecule has 29 heteroatoms. The number of rotatable bonds is 27. The third-order valence-corrected chi connectivity index (χ3v) is 12.8. The van der Waals surface area contributed by atoms with Crippen LogP contribution in [-0.4, -0.2) is 134 Å². The summed E-state index contributed by atoms with van der Waals surface area (Å²) in [4.78, 5) is 87.9. The number of nitrogens with two attached hydrogens (primary N) is 1. The summed E-state index contributed by atoms with van der Waals surface area (Å²) < 4.78 is 62.2. The summed E-state index contributed by atoms with van der Waals surface area (Å²) >= 11 is 0.986. The number of nitrogen functional groups attached to an aromatic ring is 1. The number of nitrogens with one attached hydrogen (secondary N) is 2. The summed E-state index contributed by atoms with van der Waals surface area (Å²) in [6, 6.07) is 0. The topological polar surface area (TPSA) is 384 Å². The molecule has 11 N–H and O–H groups in total. The Hall–Kier alpha value is -2.48. The number of phosphoric acid groups is 3. The van der Waals surface area contributed by atoms with Gasteiger partial charge in [-0.15, -0.1) is 0 Å². The van der Waals surface area contributed by atoms with Gasteiger partial charge in [-0.2, -0.15) is 4.31 Å². The molecular weight excluding hydrogens is 883 g/mol. The fourth-order valence-electron chi connectivity index (χ4n) is 5.63. The van der Waals surface area contributed by atoms with Gasteiger partial charge in [0, 0.05) is 37.1 Å². The average Bonchev–Trinajstić information content (AvgIpc) is 3.71. The summed E-state index contributed by atoms with van der Waals surface area (Å²) in [6.45, 7) is 2.50. The van der Waals surface area contributed by atoms with Crippen LogP contribution in [0.2, 0.25) is 0 Å². The van der Waals surface area contributed by atoms with Gasteiger partial charge < -0.3 is 56.0 Å². The third kappa shape index (κ3) is 17.0. The molecule has 1 saturated heterocycles. The summed E-state index contributed by atoms with van der Waals surface area (Å²) in [6.07, 6.45) is -1.92. The van der Waals surface area contributed by atoms with E-state index >= 15 is 0 Å². The van der Waals surface area contributed by atoms with Crippen LogP contribution in [0.15, 0.2) is 12.7 Å². The third-order valence-electron chi connectivity index (χ3n) is 8.81. The van der Waals surface area contributed by atoms with Crippen molar-refractivity contribution < 1.29 is 85.6 Å². The molecule has 1 aliphatic rings. The van der Waals surface area contributed by atoms with E-state index in [1.165, 1.54) is 13.8 Å². The summed E-state index contributed by atoms with van der Waals surface area (Å²) in [5, 5.41) is 36.3. The standard InChI is InChI=1S/C31H54N7O18P3S/c1-4-5-6-7-8-9-19(39)14-22(41)60-13-12-33-21(40)10-11-34-29(44)26(43)31(2,3)16-53-59(50,51)56-58(48,49)52-15-20-25(55-57(45,46)47)24(42)30(54-20)38-18-37-23-27(32)35-17-36-28(23)38/h17-20,24-26,30,39,42-43H,4-16H2,1-3H3,(H,33,40)(H,34,44)(H,48,49)(H,50,51)(H2,32,35,36)(H2,45,46,47)/t19-,20+,24+,25+,26?,30+/m0/s1. The molecule has 0 spiro atoms. The molecule has 25 nitrogen and oxygen atoms in total. The number of aliphatic hydroxyl groups is 3. The first kappa shape index (κ1) is 51.9. The van der Waals surface area contributed by atoms with Crippen molar-refractivity contribution in [2.75, 3.05) is 37.8 Å². The number of amides is 2. The predicted molar refractivity (Wildman–Crippen MR) is 211 cm³/mol. The largest absolute Gasteiger partial charge is 0.481 e. The zero-order valence-electron chi connectivity index (χ0n) is 33.0. The molecule has 0 bridgehead atoms. The number of fused-ring (bicyclic) bond motifs is 1. The highest BCUT2D eigenvalue weighted by molar-refractivity contribution is 8.13. The lowest BCUT2D eigenvalue weighted by atomic mass is 9.87. The van der Waals surface area contributed by atoms with E-state index < -0.39 is 90.7 Å². The number of aromatic nitrogens is 4. The van der Waals surface area contributed by atoms with Gasteiger partial charge in [-0.25, -0.2) is 28.6 Å². The minimum Gasteiger partial charge on any atom is -0.393 e. The van der Waals surface area contributed by atoms with Gasteiger partial charge in [0.2, 0.25) is 11.8 Å². The second kappa shape index (κ2) is 23.3. The number of carbonyl (C=O) groups is 3. The summed E-state index contributed by atoms with van der Waals surface area (Å²) in [5.74, 6) is -1.23. The highest BCUT2D eigenvalue weighted by Gasteiger charge is 2.50. The molecular formula is C31H54N7O18P3S. The lowest BCUT2D eigenvalue weighted by molar-refractivity contribution is -0.137. The van der Waals surface area contributed by atoms with Gasteiger partial charge in [0.15, 0.2) is 22.8 Å². The maximum absolute atomic E-state index is 12.7. The summed E-state index contributed by atoms with van der Waals surface area (Å²) in [7, 11) is -16.4. The Morgan fingerprint density at radius 2 is 1.68 bits per heavy atom. The Kier molecular flexibility index (Phi) is 20.1. The Balaban J connectivity index is 1.42. The van der Waals surface area contributed by atoms with E-state index in [0.29, 0.717) is 6.42 Å². The van der Waals surface area contributed by atoms with Crippen LogP contribution in [0.4, 0.5) is 5.82 Å². The monoisotopic (exact) mass is 937 g/mol. The highest BCUT2D eigenvalue weighted by Crippen LogP contribution is 2.61. The molecule has 2 aromatic heterocycles. The first-order valence-electron chi connectivity index (χ1n) is 18.7. The van der Waals surface area contributed by atoms with Crippen LogP contribution in [0.5, 0.6) is 0 Å². The maximum atomic E-state index is 12.7. The number of hydrogen-bond donors (Lipinski definition) is 10. The molecule has 60 heavy (non-hydrogen) atoms. The van der Waals surface area contributed by atoms with E-state index in [9.17, 15) is 63.0 Å². The first-order valence-corrected chi connectivity index (χ1v) is 24.2. The molecule has 2 aromatic rings. The van der Waals surface area contributed by atoms with E-state index in [1.807, 2.05) is 0 Å². The molecule has 3 unspecified atom stereocenters. The fourth-order valence-corrected chi connectivity index (χ4v) is 9.20. The first-order chi connectivity index (χ1) is 27.9. The Morgan fingerprint density at radius 3 is 2.37 bits per heavy atom. The maximum Gasteiger partial charge on any atom is 0.481 e. The number of nitrogens with zero attached hydrogens (tertiary/aromatic N) is 4. The number of carbonyl (C=O) groups excluding carboxylic acids is 3. The molecule has 0 aliphatic carbocycles. The van der Waals surface area contributed by atoms with E-state index in [4.69, 9.17) is 19.5 Å². The average molecular weight is 938 g/mol. The number of unbranched alkanes of at least 4 members (excludes halogenated alkanes) is 4. The van der Waals surface area contributed by atoms with Crippen molar-refractivity contribution in [2.24, 2.45) is 5.41 Å². The number of ether oxygens (including phenoxy) is 1. The highest BCUT2D eigenvalue weighted by atomic mass is 32.2. The number of aliphatic hydroxyl groups excluding tert-OH is 3. The van der Waals surface area contributed by atoms with Crippen molar-refractivity contribution in [3.63, 3.8) is 0 Å². The molecule has 3 rings (SSSR count). The molecule has 3 heterocycles. The van der Waals surface area contributed by atoms with Gasteiger partial charge in [-0.1, -0.05) is 64.6 Å². The van der Waals surface area contributed by atoms with Crippen LogP contribution < -0.4 is 16.4 Å². The van der Waals surface area contributed by atoms with Crippen molar-refractivity contribution in [3.8, 4) is 0 Å². The number of phosphoric ester groups is 3. The van der Waals surface area contributed by atoms with Crippen LogP contribution in [-0.2, 0) is 50.7 Å². The molecule has 2 amide bonds. The van der Waals surface area contributed by atoms with Crippen molar-refractivity contribution in [3.05, 3.63) is 12.7 Å². The van der Waals surface area contributed by atoms with E-state index in [1.54, 1.807) is 0 Å². The van der Waals surface area contributed by atoms with E-state index in [-0.39, 0.29) is 53.8 Å².